The highest BCUT2D eigenvalue weighted by Crippen LogP contribution is 2.32. The normalized spacial score (nSPS) is 13.8. The fourth-order valence-corrected chi connectivity index (χ4v) is 3.58. The molecule has 4 rings (SSSR count). The van der Waals surface area contributed by atoms with Crippen molar-refractivity contribution in [3.05, 3.63) is 52.4 Å². The van der Waals surface area contributed by atoms with Crippen molar-refractivity contribution in [3.8, 4) is 16.5 Å². The molecule has 2 aromatic heterocycles. The van der Waals surface area contributed by atoms with Gasteiger partial charge in [-0.05, 0) is 30.2 Å². The molecule has 0 amide bonds. The first-order chi connectivity index (χ1) is 11.3. The van der Waals surface area contributed by atoms with E-state index in [1.165, 1.54) is 16.5 Å². The zero-order valence-electron chi connectivity index (χ0n) is 12.2. The Hall–Kier alpha value is -2.25. The average molecular weight is 331 g/mol. The SMILES string of the molecule is Fc1ccccc1OCc1noc(-c2cc3c(s2)CCNC3)n1. The molecule has 118 valence electrons. The predicted molar refractivity (Wildman–Crippen MR) is 83.8 cm³/mol. The molecule has 0 fully saturated rings. The number of aromatic nitrogens is 2. The van der Waals surface area contributed by atoms with Gasteiger partial charge in [0.2, 0.25) is 5.82 Å². The summed E-state index contributed by atoms with van der Waals surface area (Å²) in [5, 5.41) is 7.24. The number of hydrogen-bond donors (Lipinski definition) is 1. The predicted octanol–water partition coefficient (Wildman–Crippen LogP) is 3.16. The van der Waals surface area contributed by atoms with Crippen molar-refractivity contribution in [1.29, 1.82) is 0 Å². The van der Waals surface area contributed by atoms with Crippen molar-refractivity contribution < 1.29 is 13.7 Å². The summed E-state index contributed by atoms with van der Waals surface area (Å²) in [5.74, 6) is 0.649. The van der Waals surface area contributed by atoms with E-state index >= 15 is 0 Å². The van der Waals surface area contributed by atoms with Crippen LogP contribution in [0.2, 0.25) is 0 Å². The molecule has 0 saturated heterocycles. The van der Waals surface area contributed by atoms with E-state index in [1.54, 1.807) is 29.5 Å². The van der Waals surface area contributed by atoms with Crippen molar-refractivity contribution in [2.75, 3.05) is 6.54 Å². The smallest absolute Gasteiger partial charge is 0.268 e. The lowest BCUT2D eigenvalue weighted by Gasteiger charge is -2.10. The molecule has 0 bridgehead atoms. The number of para-hydroxylation sites is 1. The molecule has 1 aliphatic heterocycles. The van der Waals surface area contributed by atoms with E-state index < -0.39 is 5.82 Å². The lowest BCUT2D eigenvalue weighted by atomic mass is 10.1. The highest BCUT2D eigenvalue weighted by Gasteiger charge is 2.18. The second kappa shape index (κ2) is 6.10. The quantitative estimate of drug-likeness (QED) is 0.796. The van der Waals surface area contributed by atoms with Crippen molar-refractivity contribution in [2.24, 2.45) is 0 Å². The maximum Gasteiger partial charge on any atom is 0.268 e. The fraction of sp³-hybridized carbons (Fsp3) is 0.250. The summed E-state index contributed by atoms with van der Waals surface area (Å²) in [7, 11) is 0. The van der Waals surface area contributed by atoms with Gasteiger partial charge in [0.15, 0.2) is 18.2 Å². The third-order valence-electron chi connectivity index (χ3n) is 3.61. The molecule has 3 aromatic rings. The van der Waals surface area contributed by atoms with Gasteiger partial charge in [0, 0.05) is 18.0 Å². The molecule has 3 heterocycles. The maximum absolute atomic E-state index is 13.5. The van der Waals surface area contributed by atoms with E-state index in [-0.39, 0.29) is 12.4 Å². The third kappa shape index (κ3) is 2.97. The minimum absolute atomic E-state index is 0.0665. The second-order valence-electron chi connectivity index (χ2n) is 5.22. The first kappa shape index (κ1) is 14.3. The number of thiophene rings is 1. The molecule has 0 radical (unpaired) electrons. The van der Waals surface area contributed by atoms with Crippen LogP contribution in [-0.4, -0.2) is 16.7 Å². The summed E-state index contributed by atoms with van der Waals surface area (Å²) in [6.07, 6.45) is 1.03. The van der Waals surface area contributed by atoms with Gasteiger partial charge in [0.1, 0.15) is 0 Å². The summed E-state index contributed by atoms with van der Waals surface area (Å²) in [4.78, 5) is 6.66. The van der Waals surface area contributed by atoms with Gasteiger partial charge in [-0.15, -0.1) is 11.3 Å². The van der Waals surface area contributed by atoms with Crippen molar-refractivity contribution in [2.45, 2.75) is 19.6 Å². The zero-order valence-corrected chi connectivity index (χ0v) is 13.0. The van der Waals surface area contributed by atoms with Crippen LogP contribution in [0.3, 0.4) is 0 Å². The number of ether oxygens (including phenoxy) is 1. The van der Waals surface area contributed by atoms with E-state index in [4.69, 9.17) is 9.26 Å². The van der Waals surface area contributed by atoms with E-state index in [1.807, 2.05) is 0 Å². The summed E-state index contributed by atoms with van der Waals surface area (Å²) in [5.41, 5.74) is 1.29. The van der Waals surface area contributed by atoms with Crippen molar-refractivity contribution in [3.63, 3.8) is 0 Å². The molecule has 0 aliphatic carbocycles. The molecule has 1 N–H and O–H groups in total. The van der Waals surface area contributed by atoms with Gasteiger partial charge in [-0.1, -0.05) is 17.3 Å². The summed E-state index contributed by atoms with van der Waals surface area (Å²) >= 11 is 1.68. The van der Waals surface area contributed by atoms with E-state index in [9.17, 15) is 4.39 Å². The van der Waals surface area contributed by atoms with E-state index in [2.05, 4.69) is 21.5 Å². The van der Waals surface area contributed by atoms with Crippen LogP contribution in [0, 0.1) is 5.82 Å². The Kier molecular flexibility index (Phi) is 3.80. The molecular weight excluding hydrogens is 317 g/mol. The number of hydrogen-bond acceptors (Lipinski definition) is 6. The molecule has 0 atom stereocenters. The zero-order chi connectivity index (χ0) is 15.6. The van der Waals surface area contributed by atoms with E-state index in [0.717, 1.165) is 24.4 Å². The molecule has 0 saturated carbocycles. The molecule has 1 aromatic carbocycles. The lowest BCUT2D eigenvalue weighted by molar-refractivity contribution is 0.274. The van der Waals surface area contributed by atoms with E-state index in [0.29, 0.717) is 11.7 Å². The molecule has 5 nitrogen and oxygen atoms in total. The second-order valence-corrected chi connectivity index (χ2v) is 6.36. The number of rotatable bonds is 4. The summed E-state index contributed by atoms with van der Waals surface area (Å²) < 4.78 is 24.2. The van der Waals surface area contributed by atoms with Gasteiger partial charge in [0.25, 0.3) is 5.89 Å². The third-order valence-corrected chi connectivity index (χ3v) is 4.84. The largest absolute Gasteiger partial charge is 0.482 e. The monoisotopic (exact) mass is 331 g/mol. The number of benzene rings is 1. The molecule has 1 aliphatic rings. The van der Waals surface area contributed by atoms with Gasteiger partial charge >= 0.3 is 0 Å². The summed E-state index contributed by atoms with van der Waals surface area (Å²) in [6.45, 7) is 1.94. The Morgan fingerprint density at radius 1 is 1.35 bits per heavy atom. The number of fused-ring (bicyclic) bond motifs is 1. The van der Waals surface area contributed by atoms with Crippen LogP contribution in [0.25, 0.3) is 10.8 Å². The van der Waals surface area contributed by atoms with Crippen LogP contribution in [0.1, 0.15) is 16.3 Å². The van der Waals surface area contributed by atoms with Crippen molar-refractivity contribution >= 4 is 11.3 Å². The minimum atomic E-state index is -0.408. The number of nitrogens with zero attached hydrogens (tertiary/aromatic N) is 2. The average Bonchev–Trinajstić information content (AvgIpc) is 3.20. The summed E-state index contributed by atoms with van der Waals surface area (Å²) in [6, 6.07) is 8.32. The fourth-order valence-electron chi connectivity index (χ4n) is 2.47. The molecule has 23 heavy (non-hydrogen) atoms. The van der Waals surface area contributed by atoms with Gasteiger partial charge in [-0.2, -0.15) is 4.98 Å². The van der Waals surface area contributed by atoms with Crippen LogP contribution < -0.4 is 10.1 Å². The Bertz CT molecular complexity index is 807. The van der Waals surface area contributed by atoms with Crippen LogP contribution >= 0.6 is 11.3 Å². The van der Waals surface area contributed by atoms with Crippen LogP contribution in [0.5, 0.6) is 5.75 Å². The number of halogens is 1. The highest BCUT2D eigenvalue weighted by atomic mass is 32.1. The van der Waals surface area contributed by atoms with Crippen LogP contribution in [-0.2, 0) is 19.6 Å². The molecule has 0 spiro atoms. The number of nitrogens with one attached hydrogen (secondary N) is 1. The standard InChI is InChI=1S/C16H14FN3O2S/c17-11-3-1-2-4-12(11)21-9-15-19-16(22-20-15)14-7-10-8-18-6-5-13(10)23-14/h1-4,7,18H,5-6,8-9H2. The highest BCUT2D eigenvalue weighted by molar-refractivity contribution is 7.15. The first-order valence-electron chi connectivity index (χ1n) is 7.32. The topological polar surface area (TPSA) is 60.2 Å². The van der Waals surface area contributed by atoms with Crippen LogP contribution in [0.4, 0.5) is 4.39 Å². The molecule has 7 heteroatoms. The first-order valence-corrected chi connectivity index (χ1v) is 8.14. The van der Waals surface area contributed by atoms with Gasteiger partial charge in [-0.25, -0.2) is 4.39 Å². The Morgan fingerprint density at radius 2 is 2.26 bits per heavy atom. The lowest BCUT2D eigenvalue weighted by Crippen LogP contribution is -2.21. The molecule has 0 unspecified atom stereocenters. The Balaban J connectivity index is 1.48. The van der Waals surface area contributed by atoms with Crippen LogP contribution in [0.15, 0.2) is 34.9 Å². The van der Waals surface area contributed by atoms with Crippen molar-refractivity contribution in [1.82, 2.24) is 15.5 Å². The van der Waals surface area contributed by atoms with Gasteiger partial charge in [0.05, 0.1) is 4.88 Å². The maximum atomic E-state index is 13.5. The Labute approximate surface area is 136 Å². The van der Waals surface area contributed by atoms with Gasteiger partial charge < -0.3 is 14.6 Å². The minimum Gasteiger partial charge on any atom is -0.482 e. The Morgan fingerprint density at radius 3 is 3.13 bits per heavy atom. The molecular formula is C16H14FN3O2S. The van der Waals surface area contributed by atoms with Gasteiger partial charge in [-0.3, -0.25) is 0 Å².